The van der Waals surface area contributed by atoms with Gasteiger partial charge in [0, 0.05) is 0 Å². The Bertz CT molecular complexity index is 679. The van der Waals surface area contributed by atoms with Crippen molar-refractivity contribution in [2.45, 2.75) is 49.0 Å². The predicted molar refractivity (Wildman–Crippen MR) is 124 cm³/mol. The average Bonchev–Trinajstić information content (AvgIpc) is 2.62. The molecule has 0 bridgehead atoms. The summed E-state index contributed by atoms with van der Waals surface area (Å²) in [5.74, 6) is 0. The Hall–Kier alpha value is -2.38. The van der Waals surface area contributed by atoms with Crippen LogP contribution in [0.1, 0.15) is 42.7 Å². The molecule has 148 valence electrons. The van der Waals surface area contributed by atoms with Gasteiger partial charge in [0.2, 0.25) is 0 Å². The van der Waals surface area contributed by atoms with E-state index in [4.69, 9.17) is 5.73 Å². The van der Waals surface area contributed by atoms with Crippen molar-refractivity contribution in [2.24, 2.45) is 5.73 Å². The first kappa shape index (κ1) is 26.8. The quantitative estimate of drug-likeness (QED) is 0.516. The average molecular weight is 366 g/mol. The second-order valence-corrected chi connectivity index (χ2v) is 6.26. The van der Waals surface area contributed by atoms with Crippen LogP contribution >= 0.6 is 0 Å². The molecule has 0 fully saturated rings. The molecule has 0 radical (unpaired) electrons. The molecule has 0 aliphatic rings. The molecule has 0 saturated heterocycles. The van der Waals surface area contributed by atoms with Crippen molar-refractivity contribution >= 4 is 0 Å². The van der Waals surface area contributed by atoms with Crippen LogP contribution in [0.25, 0.3) is 0 Å². The maximum Gasteiger partial charge on any atom is -0.00367 e. The van der Waals surface area contributed by atoms with Gasteiger partial charge in [-0.1, -0.05) is 105 Å². The van der Waals surface area contributed by atoms with Gasteiger partial charge in [-0.3, -0.25) is 0 Å². The van der Waals surface area contributed by atoms with E-state index < -0.39 is 0 Å². The van der Waals surface area contributed by atoms with Crippen LogP contribution in [-0.4, -0.2) is 6.54 Å². The molecular formula is C26H39N. The SMILES string of the molecule is C.C.Cc1ccc(CCN)cc1.Cc1ccccc1.Cc1ccccc1C. The van der Waals surface area contributed by atoms with Crippen molar-refractivity contribution in [3.63, 3.8) is 0 Å². The minimum Gasteiger partial charge on any atom is -0.330 e. The van der Waals surface area contributed by atoms with Gasteiger partial charge in [0.05, 0.1) is 0 Å². The topological polar surface area (TPSA) is 26.0 Å². The van der Waals surface area contributed by atoms with E-state index in [1.165, 1.54) is 27.8 Å². The van der Waals surface area contributed by atoms with Crippen molar-refractivity contribution in [2.75, 3.05) is 6.54 Å². The molecule has 2 N–H and O–H groups in total. The van der Waals surface area contributed by atoms with Gasteiger partial charge in [-0.25, -0.2) is 0 Å². The third-order valence-corrected chi connectivity index (χ3v) is 3.92. The molecule has 3 rings (SSSR count). The van der Waals surface area contributed by atoms with E-state index in [1.807, 2.05) is 18.2 Å². The van der Waals surface area contributed by atoms with Gasteiger partial charge in [-0.2, -0.15) is 0 Å². The summed E-state index contributed by atoms with van der Waals surface area (Å²) in [6.45, 7) is 9.15. The van der Waals surface area contributed by atoms with Gasteiger partial charge >= 0.3 is 0 Å². The Morgan fingerprint density at radius 3 is 1.30 bits per heavy atom. The van der Waals surface area contributed by atoms with Gasteiger partial charge < -0.3 is 5.73 Å². The summed E-state index contributed by atoms with van der Waals surface area (Å²) in [7, 11) is 0. The lowest BCUT2D eigenvalue weighted by molar-refractivity contribution is 0.968. The first-order chi connectivity index (χ1) is 12.0. The Morgan fingerprint density at radius 1 is 0.556 bits per heavy atom. The van der Waals surface area contributed by atoms with Gasteiger partial charge in [0.25, 0.3) is 0 Å². The van der Waals surface area contributed by atoms with Crippen molar-refractivity contribution in [1.82, 2.24) is 0 Å². The molecule has 0 aliphatic carbocycles. The minimum absolute atomic E-state index is 0. The fraction of sp³-hybridized carbons (Fsp3) is 0.308. The normalized spacial score (nSPS) is 8.63. The Balaban J connectivity index is 0. The van der Waals surface area contributed by atoms with E-state index in [1.54, 1.807) is 0 Å². The number of nitrogens with two attached hydrogens (primary N) is 1. The zero-order valence-electron chi connectivity index (χ0n) is 16.0. The molecule has 3 aromatic carbocycles. The van der Waals surface area contributed by atoms with E-state index in [2.05, 4.69) is 88.4 Å². The van der Waals surface area contributed by atoms with E-state index in [0.717, 1.165) is 13.0 Å². The lowest BCUT2D eigenvalue weighted by atomic mass is 10.1. The highest BCUT2D eigenvalue weighted by Gasteiger charge is 1.88. The Morgan fingerprint density at radius 2 is 0.963 bits per heavy atom. The molecule has 0 spiro atoms. The lowest BCUT2D eigenvalue weighted by Gasteiger charge is -1.97. The van der Waals surface area contributed by atoms with E-state index in [-0.39, 0.29) is 14.9 Å². The van der Waals surface area contributed by atoms with Crippen molar-refractivity contribution in [3.8, 4) is 0 Å². The van der Waals surface area contributed by atoms with Crippen LogP contribution in [0.15, 0.2) is 78.9 Å². The second kappa shape index (κ2) is 15.8. The largest absolute Gasteiger partial charge is 0.330 e. The molecule has 0 unspecified atom stereocenters. The smallest absolute Gasteiger partial charge is 0.00367 e. The number of rotatable bonds is 2. The maximum absolute atomic E-state index is 5.40. The van der Waals surface area contributed by atoms with Crippen molar-refractivity contribution in [3.05, 3.63) is 107 Å². The van der Waals surface area contributed by atoms with Gasteiger partial charge in [0.15, 0.2) is 0 Å². The van der Waals surface area contributed by atoms with Gasteiger partial charge in [0.1, 0.15) is 0 Å². The third kappa shape index (κ3) is 12.6. The summed E-state index contributed by atoms with van der Waals surface area (Å²) in [5, 5.41) is 0. The van der Waals surface area contributed by atoms with Crippen LogP contribution < -0.4 is 5.73 Å². The number of aryl methyl sites for hydroxylation is 4. The van der Waals surface area contributed by atoms with Crippen LogP contribution in [0.2, 0.25) is 0 Å². The zero-order valence-corrected chi connectivity index (χ0v) is 16.0. The van der Waals surface area contributed by atoms with Gasteiger partial charge in [-0.15, -0.1) is 0 Å². The first-order valence-electron chi connectivity index (χ1n) is 8.82. The van der Waals surface area contributed by atoms with Crippen LogP contribution in [-0.2, 0) is 6.42 Å². The summed E-state index contributed by atoms with van der Waals surface area (Å²) in [6.07, 6.45) is 0.986. The van der Waals surface area contributed by atoms with Crippen LogP contribution in [0.4, 0.5) is 0 Å². The molecule has 3 aromatic rings. The molecule has 1 nitrogen and oxygen atoms in total. The predicted octanol–water partition coefficient (Wildman–Crippen LogP) is 7.07. The van der Waals surface area contributed by atoms with E-state index in [0.29, 0.717) is 0 Å². The van der Waals surface area contributed by atoms with Gasteiger partial charge in [-0.05, 0) is 57.4 Å². The molecule has 0 amide bonds. The van der Waals surface area contributed by atoms with Crippen LogP contribution in [0, 0.1) is 27.7 Å². The molecule has 27 heavy (non-hydrogen) atoms. The van der Waals surface area contributed by atoms with E-state index >= 15 is 0 Å². The Labute approximate surface area is 168 Å². The summed E-state index contributed by atoms with van der Waals surface area (Å²) >= 11 is 0. The fourth-order valence-corrected chi connectivity index (χ4v) is 2.12. The molecule has 0 aliphatic heterocycles. The lowest BCUT2D eigenvalue weighted by Crippen LogP contribution is -2.02. The summed E-state index contributed by atoms with van der Waals surface area (Å²) in [4.78, 5) is 0. The molecule has 0 atom stereocenters. The fourth-order valence-electron chi connectivity index (χ4n) is 2.12. The highest BCUT2D eigenvalue weighted by Crippen LogP contribution is 2.03. The zero-order chi connectivity index (χ0) is 18.5. The number of hydrogen-bond acceptors (Lipinski definition) is 1. The second-order valence-electron chi connectivity index (χ2n) is 6.26. The molecule has 0 saturated carbocycles. The van der Waals surface area contributed by atoms with E-state index in [9.17, 15) is 0 Å². The van der Waals surface area contributed by atoms with Crippen molar-refractivity contribution < 1.29 is 0 Å². The highest BCUT2D eigenvalue weighted by molar-refractivity contribution is 5.23. The summed E-state index contributed by atoms with van der Waals surface area (Å²) in [5.41, 5.74) is 12.1. The first-order valence-corrected chi connectivity index (χ1v) is 8.82. The van der Waals surface area contributed by atoms with Crippen molar-refractivity contribution in [1.29, 1.82) is 0 Å². The molecule has 0 aromatic heterocycles. The monoisotopic (exact) mass is 365 g/mol. The summed E-state index contributed by atoms with van der Waals surface area (Å²) < 4.78 is 0. The van der Waals surface area contributed by atoms with Crippen LogP contribution in [0.3, 0.4) is 0 Å². The van der Waals surface area contributed by atoms with Crippen LogP contribution in [0.5, 0.6) is 0 Å². The Kier molecular flexibility index (Phi) is 15.8. The molecule has 1 heteroatoms. The molecular weight excluding hydrogens is 326 g/mol. The maximum atomic E-state index is 5.40. The molecule has 0 heterocycles. The third-order valence-electron chi connectivity index (χ3n) is 3.92. The standard InChI is InChI=1S/C9H13N.C8H10.C7H8.2CH4/c1-8-2-4-9(5-3-8)6-7-10;1-7-5-3-4-6-8(7)2;1-7-5-3-2-4-6-7;;/h2-5H,6-7,10H2,1H3;3-6H,1-2H3;2-6H,1H3;2*1H4. The number of benzene rings is 3. The number of hydrogen-bond donors (Lipinski definition) is 1. The highest BCUT2D eigenvalue weighted by atomic mass is 14.5. The minimum atomic E-state index is 0. The summed E-state index contributed by atoms with van der Waals surface area (Å²) in [6, 6.07) is 27.1.